The molecular formula is C11H9IN2O. The van der Waals surface area contributed by atoms with Crippen molar-refractivity contribution >= 4 is 22.6 Å². The summed E-state index contributed by atoms with van der Waals surface area (Å²) in [6, 6.07) is 11.2. The van der Waals surface area contributed by atoms with Gasteiger partial charge in [-0.15, -0.1) is 0 Å². The van der Waals surface area contributed by atoms with Gasteiger partial charge in [0.25, 0.3) is 5.56 Å². The summed E-state index contributed by atoms with van der Waals surface area (Å²) in [5, 5.41) is 4.00. The van der Waals surface area contributed by atoms with Gasteiger partial charge in [-0.1, -0.05) is 12.1 Å². The first-order valence-corrected chi connectivity index (χ1v) is 5.60. The molecule has 1 aromatic heterocycles. The van der Waals surface area contributed by atoms with Crippen LogP contribution in [0.4, 0.5) is 0 Å². The van der Waals surface area contributed by atoms with Crippen LogP contribution in [0.5, 0.6) is 0 Å². The Morgan fingerprint density at radius 3 is 2.87 bits per heavy atom. The second-order valence-corrected chi connectivity index (χ2v) is 4.40. The first-order valence-electron chi connectivity index (χ1n) is 4.52. The Hall–Kier alpha value is -1.17. The molecule has 0 N–H and O–H groups in total. The number of hydrogen-bond acceptors (Lipinski definition) is 2. The molecule has 1 aromatic carbocycles. The molecule has 2 rings (SSSR count). The minimum atomic E-state index is -0.0728. The molecule has 4 heteroatoms. The summed E-state index contributed by atoms with van der Waals surface area (Å²) >= 11 is 2.25. The van der Waals surface area contributed by atoms with Crippen molar-refractivity contribution in [1.29, 1.82) is 0 Å². The van der Waals surface area contributed by atoms with Crippen molar-refractivity contribution in [2.75, 3.05) is 0 Å². The van der Waals surface area contributed by atoms with Gasteiger partial charge >= 0.3 is 0 Å². The standard InChI is InChI=1S/C11H9IN2O/c12-10-4-1-3-9(7-10)8-14-11(15)5-2-6-13-14/h1-7H,8H2. The molecule has 0 unspecified atom stereocenters. The van der Waals surface area contributed by atoms with Gasteiger partial charge in [0.15, 0.2) is 0 Å². The lowest BCUT2D eigenvalue weighted by molar-refractivity contribution is 0.638. The highest BCUT2D eigenvalue weighted by Crippen LogP contribution is 2.07. The molecule has 3 nitrogen and oxygen atoms in total. The minimum Gasteiger partial charge on any atom is -0.268 e. The highest BCUT2D eigenvalue weighted by Gasteiger charge is 1.98. The molecule has 0 aliphatic rings. The van der Waals surface area contributed by atoms with Crippen LogP contribution in [0.15, 0.2) is 47.4 Å². The van der Waals surface area contributed by atoms with Crippen molar-refractivity contribution in [3.8, 4) is 0 Å². The largest absolute Gasteiger partial charge is 0.268 e. The fraction of sp³-hybridized carbons (Fsp3) is 0.0909. The van der Waals surface area contributed by atoms with Crippen LogP contribution in [0.3, 0.4) is 0 Å². The van der Waals surface area contributed by atoms with Gasteiger partial charge in [0, 0.05) is 15.8 Å². The summed E-state index contributed by atoms with van der Waals surface area (Å²) in [5.41, 5.74) is 1.01. The molecule has 0 aliphatic heterocycles. The Labute approximate surface area is 101 Å². The molecule has 0 bridgehead atoms. The van der Waals surface area contributed by atoms with Crippen LogP contribution in [0.1, 0.15) is 5.56 Å². The van der Waals surface area contributed by atoms with Gasteiger partial charge < -0.3 is 0 Å². The third-order valence-corrected chi connectivity index (χ3v) is 2.68. The number of rotatable bonds is 2. The molecule has 1 heterocycles. The van der Waals surface area contributed by atoms with E-state index in [1.807, 2.05) is 24.3 Å². The fourth-order valence-electron chi connectivity index (χ4n) is 1.31. The van der Waals surface area contributed by atoms with Gasteiger partial charge in [0.2, 0.25) is 0 Å². The van der Waals surface area contributed by atoms with E-state index in [1.165, 1.54) is 10.7 Å². The topological polar surface area (TPSA) is 34.9 Å². The highest BCUT2D eigenvalue weighted by atomic mass is 127. The Balaban J connectivity index is 2.30. The number of aromatic nitrogens is 2. The first-order chi connectivity index (χ1) is 7.25. The second kappa shape index (κ2) is 4.57. The molecule has 0 fully saturated rings. The summed E-state index contributed by atoms with van der Waals surface area (Å²) in [6.07, 6.45) is 1.62. The van der Waals surface area contributed by atoms with Crippen LogP contribution in [0.25, 0.3) is 0 Å². The number of benzene rings is 1. The Kier molecular flexibility index (Phi) is 3.15. The van der Waals surface area contributed by atoms with Crippen LogP contribution in [0, 0.1) is 3.57 Å². The number of nitrogens with zero attached hydrogens (tertiary/aromatic N) is 2. The minimum absolute atomic E-state index is 0.0728. The maximum atomic E-state index is 11.4. The molecule has 0 saturated carbocycles. The van der Waals surface area contributed by atoms with Crippen LogP contribution < -0.4 is 5.56 Å². The van der Waals surface area contributed by atoms with E-state index < -0.39 is 0 Å². The second-order valence-electron chi connectivity index (χ2n) is 3.15. The van der Waals surface area contributed by atoms with E-state index in [4.69, 9.17) is 0 Å². The summed E-state index contributed by atoms with van der Waals surface area (Å²) in [4.78, 5) is 11.4. The predicted molar refractivity (Wildman–Crippen MR) is 66.8 cm³/mol. The van der Waals surface area contributed by atoms with Crippen LogP contribution in [0.2, 0.25) is 0 Å². The quantitative estimate of drug-likeness (QED) is 0.794. The van der Waals surface area contributed by atoms with E-state index in [-0.39, 0.29) is 5.56 Å². The third-order valence-electron chi connectivity index (χ3n) is 2.01. The average molecular weight is 312 g/mol. The van der Waals surface area contributed by atoms with Gasteiger partial charge in [-0.2, -0.15) is 5.10 Å². The van der Waals surface area contributed by atoms with Crippen LogP contribution in [-0.4, -0.2) is 9.78 Å². The van der Waals surface area contributed by atoms with E-state index in [2.05, 4.69) is 27.7 Å². The smallest absolute Gasteiger partial charge is 0.267 e. The molecule has 0 radical (unpaired) electrons. The third kappa shape index (κ3) is 2.65. The Bertz CT molecular complexity index is 522. The average Bonchev–Trinajstić information content (AvgIpc) is 2.22. The van der Waals surface area contributed by atoms with E-state index in [0.29, 0.717) is 6.54 Å². The fourth-order valence-corrected chi connectivity index (χ4v) is 1.92. The molecule has 76 valence electrons. The summed E-state index contributed by atoms with van der Waals surface area (Å²) in [6.45, 7) is 0.524. The molecule has 0 aliphatic carbocycles. The van der Waals surface area contributed by atoms with E-state index in [1.54, 1.807) is 12.3 Å². The molecule has 2 aromatic rings. The molecule has 0 amide bonds. The zero-order valence-electron chi connectivity index (χ0n) is 7.93. The van der Waals surface area contributed by atoms with E-state index >= 15 is 0 Å². The van der Waals surface area contributed by atoms with Crippen LogP contribution >= 0.6 is 22.6 Å². The Morgan fingerprint density at radius 2 is 2.13 bits per heavy atom. The van der Waals surface area contributed by atoms with Crippen molar-refractivity contribution in [2.24, 2.45) is 0 Å². The lowest BCUT2D eigenvalue weighted by Gasteiger charge is -2.03. The first kappa shape index (κ1) is 10.4. The molecule has 0 atom stereocenters. The molecule has 15 heavy (non-hydrogen) atoms. The van der Waals surface area contributed by atoms with Crippen molar-refractivity contribution in [2.45, 2.75) is 6.54 Å². The SMILES string of the molecule is O=c1cccnn1Cc1cccc(I)c1. The van der Waals surface area contributed by atoms with Gasteiger partial charge in [0.05, 0.1) is 6.54 Å². The van der Waals surface area contributed by atoms with E-state index in [9.17, 15) is 4.79 Å². The van der Waals surface area contributed by atoms with Crippen LogP contribution in [-0.2, 0) is 6.54 Å². The van der Waals surface area contributed by atoms with Crippen molar-refractivity contribution in [3.63, 3.8) is 0 Å². The molecule has 0 saturated heterocycles. The normalized spacial score (nSPS) is 10.2. The van der Waals surface area contributed by atoms with Crippen molar-refractivity contribution < 1.29 is 0 Å². The Morgan fingerprint density at radius 1 is 1.27 bits per heavy atom. The molecular weight excluding hydrogens is 303 g/mol. The lowest BCUT2D eigenvalue weighted by atomic mass is 10.2. The summed E-state index contributed by atoms with van der Waals surface area (Å²) < 4.78 is 2.61. The van der Waals surface area contributed by atoms with Gasteiger partial charge in [-0.25, -0.2) is 4.68 Å². The number of halogens is 1. The van der Waals surface area contributed by atoms with Gasteiger partial charge in [-0.3, -0.25) is 4.79 Å². The van der Waals surface area contributed by atoms with Crippen molar-refractivity contribution in [3.05, 3.63) is 62.1 Å². The number of hydrogen-bond donors (Lipinski definition) is 0. The van der Waals surface area contributed by atoms with Gasteiger partial charge in [0.1, 0.15) is 0 Å². The van der Waals surface area contributed by atoms with E-state index in [0.717, 1.165) is 9.13 Å². The highest BCUT2D eigenvalue weighted by molar-refractivity contribution is 14.1. The molecule has 0 spiro atoms. The van der Waals surface area contributed by atoms with Gasteiger partial charge in [-0.05, 0) is 46.4 Å². The summed E-state index contributed by atoms with van der Waals surface area (Å²) in [5.74, 6) is 0. The maximum Gasteiger partial charge on any atom is 0.267 e. The monoisotopic (exact) mass is 312 g/mol. The predicted octanol–water partition coefficient (Wildman–Crippen LogP) is 1.90. The zero-order chi connectivity index (χ0) is 10.7. The van der Waals surface area contributed by atoms with Crippen molar-refractivity contribution in [1.82, 2.24) is 9.78 Å². The zero-order valence-corrected chi connectivity index (χ0v) is 10.1. The lowest BCUT2D eigenvalue weighted by Crippen LogP contribution is -2.21. The maximum absolute atomic E-state index is 11.4. The summed E-state index contributed by atoms with van der Waals surface area (Å²) in [7, 11) is 0.